The minimum atomic E-state index is -0.793. The van der Waals surface area contributed by atoms with Gasteiger partial charge in [-0.1, -0.05) is 11.6 Å². The van der Waals surface area contributed by atoms with Crippen LogP contribution < -0.4 is 4.74 Å². The highest BCUT2D eigenvalue weighted by Crippen LogP contribution is 2.28. The third-order valence-electron chi connectivity index (χ3n) is 2.36. The molecule has 0 aliphatic heterocycles. The van der Waals surface area contributed by atoms with Gasteiger partial charge < -0.3 is 4.74 Å². The van der Waals surface area contributed by atoms with Crippen molar-refractivity contribution >= 4 is 33.3 Å². The van der Waals surface area contributed by atoms with Crippen LogP contribution in [0.15, 0.2) is 29.0 Å². The van der Waals surface area contributed by atoms with E-state index in [4.69, 9.17) is 16.3 Å². The van der Waals surface area contributed by atoms with Gasteiger partial charge in [0.1, 0.15) is 12.0 Å². The highest BCUT2D eigenvalue weighted by molar-refractivity contribution is 9.10. The number of hydrogen-bond acceptors (Lipinski definition) is 4. The fourth-order valence-electron chi connectivity index (χ4n) is 1.41. The molecule has 0 unspecified atom stereocenters. The molecule has 2 rings (SSSR count). The zero-order chi connectivity index (χ0) is 14.0. The van der Waals surface area contributed by atoms with Crippen LogP contribution in [0.1, 0.15) is 16.1 Å². The molecule has 0 saturated carbocycles. The van der Waals surface area contributed by atoms with Crippen LogP contribution in [-0.4, -0.2) is 22.9 Å². The molecule has 7 heteroatoms. The summed E-state index contributed by atoms with van der Waals surface area (Å²) in [6.07, 6.45) is 1.17. The molecule has 0 amide bonds. The summed E-state index contributed by atoms with van der Waals surface area (Å²) in [7, 11) is 1.41. The summed E-state index contributed by atoms with van der Waals surface area (Å²) >= 11 is 8.82. The maximum Gasteiger partial charge on any atom is 0.216 e. The highest BCUT2D eigenvalue weighted by Gasteiger charge is 2.19. The second-order valence-electron chi connectivity index (χ2n) is 3.50. The van der Waals surface area contributed by atoms with Crippen molar-refractivity contribution in [3.05, 3.63) is 51.1 Å². The summed E-state index contributed by atoms with van der Waals surface area (Å²) in [6.45, 7) is 0. The fourth-order valence-corrected chi connectivity index (χ4v) is 1.89. The van der Waals surface area contributed by atoms with E-state index in [-0.39, 0.29) is 22.2 Å². The quantitative estimate of drug-likeness (QED) is 0.633. The van der Waals surface area contributed by atoms with Crippen molar-refractivity contribution in [1.29, 1.82) is 0 Å². The Hall–Kier alpha value is -1.53. The zero-order valence-electron chi connectivity index (χ0n) is 9.65. The van der Waals surface area contributed by atoms with Gasteiger partial charge >= 0.3 is 0 Å². The topological polar surface area (TPSA) is 52.1 Å². The Balaban J connectivity index is 2.47. The molecule has 0 bridgehead atoms. The van der Waals surface area contributed by atoms with E-state index in [2.05, 4.69) is 25.9 Å². The van der Waals surface area contributed by atoms with Gasteiger partial charge in [-0.2, -0.15) is 0 Å². The second kappa shape index (κ2) is 5.63. The van der Waals surface area contributed by atoms with Crippen LogP contribution in [0, 0.1) is 5.82 Å². The first-order valence-electron chi connectivity index (χ1n) is 5.09. The Kier molecular flexibility index (Phi) is 4.11. The predicted molar refractivity (Wildman–Crippen MR) is 71.1 cm³/mol. The lowest BCUT2D eigenvalue weighted by molar-refractivity contribution is 0.103. The standard InChI is InChI=1S/C12H7BrClFN2O2/c1-19-9-4-8(16-5-17-9)12(18)6-2-3-7(13)10(14)11(6)15/h2-5H,1H3. The van der Waals surface area contributed by atoms with E-state index in [1.807, 2.05) is 0 Å². The zero-order valence-corrected chi connectivity index (χ0v) is 12.0. The van der Waals surface area contributed by atoms with Gasteiger partial charge in [0, 0.05) is 10.5 Å². The molecule has 1 aromatic heterocycles. The third-order valence-corrected chi connectivity index (χ3v) is 3.62. The molecule has 0 N–H and O–H groups in total. The average molecular weight is 346 g/mol. The molecule has 0 atom stereocenters. The Morgan fingerprint density at radius 1 is 1.42 bits per heavy atom. The molecule has 0 aliphatic carbocycles. The van der Waals surface area contributed by atoms with E-state index >= 15 is 0 Å². The first-order chi connectivity index (χ1) is 9.04. The molecule has 0 saturated heterocycles. The minimum Gasteiger partial charge on any atom is -0.481 e. The van der Waals surface area contributed by atoms with Crippen LogP contribution in [-0.2, 0) is 0 Å². The van der Waals surface area contributed by atoms with Crippen molar-refractivity contribution in [2.75, 3.05) is 7.11 Å². The molecular weight excluding hydrogens is 338 g/mol. The van der Waals surface area contributed by atoms with Gasteiger partial charge in [0.05, 0.1) is 17.7 Å². The van der Waals surface area contributed by atoms with Gasteiger partial charge in [0.15, 0.2) is 5.82 Å². The molecule has 98 valence electrons. The summed E-state index contributed by atoms with van der Waals surface area (Å²) in [5.74, 6) is -1.16. The van der Waals surface area contributed by atoms with Crippen LogP contribution in [0.5, 0.6) is 5.88 Å². The number of nitrogens with zero attached hydrogens (tertiary/aromatic N) is 2. The smallest absolute Gasteiger partial charge is 0.216 e. The monoisotopic (exact) mass is 344 g/mol. The molecule has 0 spiro atoms. The number of methoxy groups -OCH3 is 1. The normalized spacial score (nSPS) is 10.3. The van der Waals surface area contributed by atoms with Gasteiger partial charge in [-0.05, 0) is 28.1 Å². The lowest BCUT2D eigenvalue weighted by Gasteiger charge is -2.05. The maximum absolute atomic E-state index is 13.9. The van der Waals surface area contributed by atoms with Crippen molar-refractivity contribution < 1.29 is 13.9 Å². The molecule has 4 nitrogen and oxygen atoms in total. The number of halogens is 3. The first-order valence-corrected chi connectivity index (χ1v) is 6.26. The minimum absolute atomic E-state index is 0.0316. The third kappa shape index (κ3) is 2.74. The van der Waals surface area contributed by atoms with Crippen molar-refractivity contribution in [2.45, 2.75) is 0 Å². The maximum atomic E-state index is 13.9. The molecule has 1 aromatic carbocycles. The van der Waals surface area contributed by atoms with Crippen molar-refractivity contribution in [1.82, 2.24) is 9.97 Å². The fraction of sp³-hybridized carbons (Fsp3) is 0.0833. The van der Waals surface area contributed by atoms with Crippen molar-refractivity contribution in [2.24, 2.45) is 0 Å². The van der Waals surface area contributed by atoms with E-state index in [1.165, 1.54) is 31.6 Å². The van der Waals surface area contributed by atoms with Crippen LogP contribution >= 0.6 is 27.5 Å². The lowest BCUT2D eigenvalue weighted by Crippen LogP contribution is -2.08. The molecule has 0 aliphatic rings. The predicted octanol–water partition coefficient (Wildman–Crippen LogP) is 3.27. The van der Waals surface area contributed by atoms with Crippen LogP contribution in [0.3, 0.4) is 0 Å². The summed E-state index contributed by atoms with van der Waals surface area (Å²) in [5.41, 5.74) is -0.127. The van der Waals surface area contributed by atoms with Crippen LogP contribution in [0.2, 0.25) is 5.02 Å². The average Bonchev–Trinajstić information content (AvgIpc) is 2.44. The van der Waals surface area contributed by atoms with Gasteiger partial charge in [0.2, 0.25) is 11.7 Å². The second-order valence-corrected chi connectivity index (χ2v) is 4.73. The van der Waals surface area contributed by atoms with Crippen molar-refractivity contribution in [3.8, 4) is 5.88 Å². The molecule has 0 radical (unpaired) electrons. The number of ether oxygens (including phenoxy) is 1. The van der Waals surface area contributed by atoms with Crippen molar-refractivity contribution in [3.63, 3.8) is 0 Å². The summed E-state index contributed by atoms with van der Waals surface area (Å²) in [6, 6.07) is 4.16. The van der Waals surface area contributed by atoms with Gasteiger partial charge in [-0.25, -0.2) is 14.4 Å². The number of carbonyl (C=O) groups is 1. The molecular formula is C12H7BrClFN2O2. The summed E-state index contributed by atoms with van der Waals surface area (Å²) in [4.78, 5) is 19.7. The first kappa shape index (κ1) is 13.9. The molecule has 1 heterocycles. The highest BCUT2D eigenvalue weighted by atomic mass is 79.9. The number of rotatable bonds is 3. The molecule has 2 aromatic rings. The van der Waals surface area contributed by atoms with E-state index in [0.29, 0.717) is 4.47 Å². The van der Waals surface area contributed by atoms with Gasteiger partial charge in [-0.15, -0.1) is 0 Å². The van der Waals surface area contributed by atoms with Crippen LogP contribution in [0.4, 0.5) is 4.39 Å². The SMILES string of the molecule is COc1cc(C(=O)c2ccc(Br)c(Cl)c2F)ncn1. The molecule has 19 heavy (non-hydrogen) atoms. The number of aromatic nitrogens is 2. The number of hydrogen-bond donors (Lipinski definition) is 0. The number of ketones is 1. The largest absolute Gasteiger partial charge is 0.481 e. The Bertz CT molecular complexity index is 652. The lowest BCUT2D eigenvalue weighted by atomic mass is 10.1. The summed E-state index contributed by atoms with van der Waals surface area (Å²) in [5, 5.41) is -0.146. The summed E-state index contributed by atoms with van der Waals surface area (Å²) < 4.78 is 19.2. The van der Waals surface area contributed by atoms with E-state index in [0.717, 1.165) is 0 Å². The molecule has 0 fully saturated rings. The van der Waals surface area contributed by atoms with Gasteiger partial charge in [0.25, 0.3) is 0 Å². The number of benzene rings is 1. The van der Waals surface area contributed by atoms with Gasteiger partial charge in [-0.3, -0.25) is 4.79 Å². The van der Waals surface area contributed by atoms with E-state index in [9.17, 15) is 9.18 Å². The Morgan fingerprint density at radius 2 is 2.16 bits per heavy atom. The van der Waals surface area contributed by atoms with Crippen LogP contribution in [0.25, 0.3) is 0 Å². The Labute approximate surface area is 121 Å². The number of carbonyl (C=O) groups excluding carboxylic acids is 1. The Morgan fingerprint density at radius 3 is 2.84 bits per heavy atom. The van der Waals surface area contributed by atoms with E-state index in [1.54, 1.807) is 0 Å². The van der Waals surface area contributed by atoms with E-state index < -0.39 is 11.6 Å².